The van der Waals surface area contributed by atoms with Crippen molar-refractivity contribution in [2.75, 3.05) is 6.61 Å². The number of aromatic nitrogens is 1. The molecule has 1 aromatic rings. The van der Waals surface area contributed by atoms with Gasteiger partial charge in [0.15, 0.2) is 5.60 Å². The Balaban J connectivity index is 1.85. The highest BCUT2D eigenvalue weighted by molar-refractivity contribution is 5.77. The summed E-state index contributed by atoms with van der Waals surface area (Å²) in [7, 11) is 0. The van der Waals surface area contributed by atoms with Crippen LogP contribution >= 0.6 is 0 Å². The molecule has 1 saturated carbocycles. The third-order valence-corrected chi connectivity index (χ3v) is 4.35. The Kier molecular flexibility index (Phi) is 1.73. The van der Waals surface area contributed by atoms with Crippen LogP contribution in [0.25, 0.3) is 0 Å². The first kappa shape index (κ1) is 9.59. The summed E-state index contributed by atoms with van der Waals surface area (Å²) >= 11 is 0. The van der Waals surface area contributed by atoms with Crippen molar-refractivity contribution in [1.82, 2.24) is 4.98 Å². The minimum Gasteiger partial charge on any atom is -0.452 e. The Bertz CT molecular complexity index is 475. The molecule has 2 saturated heterocycles. The molecule has 4 nitrogen and oxygen atoms in total. The lowest BCUT2D eigenvalue weighted by molar-refractivity contribution is -0.153. The fourth-order valence-electron chi connectivity index (χ4n) is 3.66. The lowest BCUT2D eigenvalue weighted by Crippen LogP contribution is -2.32. The van der Waals surface area contributed by atoms with E-state index in [9.17, 15) is 4.79 Å². The molecule has 0 radical (unpaired) electrons. The molecule has 0 aromatic carbocycles. The van der Waals surface area contributed by atoms with Crippen LogP contribution in [0.1, 0.15) is 18.5 Å². The van der Waals surface area contributed by atoms with Gasteiger partial charge in [-0.2, -0.15) is 0 Å². The summed E-state index contributed by atoms with van der Waals surface area (Å²) in [6.07, 6.45) is 3.73. The van der Waals surface area contributed by atoms with E-state index in [1.54, 1.807) is 6.20 Å². The monoisotopic (exact) mass is 231 g/mol. The number of hydrogen-bond acceptors (Lipinski definition) is 4. The average molecular weight is 231 g/mol. The van der Waals surface area contributed by atoms with E-state index in [1.165, 1.54) is 0 Å². The Hall–Kier alpha value is -1.42. The summed E-state index contributed by atoms with van der Waals surface area (Å²) in [4.78, 5) is 16.3. The Morgan fingerprint density at radius 3 is 3.18 bits per heavy atom. The average Bonchev–Trinajstić information content (AvgIpc) is 2.98. The van der Waals surface area contributed by atoms with Crippen LogP contribution in [0.3, 0.4) is 0 Å². The first-order chi connectivity index (χ1) is 8.31. The lowest BCUT2D eigenvalue weighted by Gasteiger charge is -2.27. The number of ether oxygens (including phenoxy) is 2. The molecule has 2 aliphatic heterocycles. The van der Waals surface area contributed by atoms with Gasteiger partial charge in [0.05, 0.1) is 24.3 Å². The number of hydrogen-bond donors (Lipinski definition) is 0. The van der Waals surface area contributed by atoms with Gasteiger partial charge in [0, 0.05) is 12.1 Å². The van der Waals surface area contributed by atoms with Crippen LogP contribution in [-0.2, 0) is 19.9 Å². The molecule has 3 heterocycles. The number of pyridine rings is 1. The van der Waals surface area contributed by atoms with Crippen molar-refractivity contribution < 1.29 is 14.3 Å². The smallest absolute Gasteiger partial charge is 0.312 e. The van der Waals surface area contributed by atoms with E-state index in [4.69, 9.17) is 9.47 Å². The number of nitrogens with zero attached hydrogens (tertiary/aromatic N) is 1. The Labute approximate surface area is 98.9 Å². The molecule has 0 unspecified atom stereocenters. The second-order valence-electron chi connectivity index (χ2n) is 5.07. The highest BCUT2D eigenvalue weighted by Gasteiger charge is 2.66. The predicted molar refractivity (Wildman–Crippen MR) is 58.0 cm³/mol. The van der Waals surface area contributed by atoms with Crippen molar-refractivity contribution in [2.24, 2.45) is 11.8 Å². The zero-order chi connectivity index (χ0) is 11.5. The van der Waals surface area contributed by atoms with Crippen LogP contribution < -0.4 is 0 Å². The third-order valence-electron chi connectivity index (χ3n) is 4.35. The van der Waals surface area contributed by atoms with E-state index in [2.05, 4.69) is 4.98 Å². The van der Waals surface area contributed by atoms with Gasteiger partial charge in [-0.3, -0.25) is 9.78 Å². The van der Waals surface area contributed by atoms with Crippen LogP contribution in [0.15, 0.2) is 24.4 Å². The lowest BCUT2D eigenvalue weighted by atomic mass is 9.82. The molecule has 3 aliphatic rings. The number of esters is 1. The van der Waals surface area contributed by atoms with Gasteiger partial charge in [0.2, 0.25) is 0 Å². The molecular weight excluding hydrogens is 218 g/mol. The van der Waals surface area contributed by atoms with Crippen molar-refractivity contribution in [1.29, 1.82) is 0 Å². The molecule has 4 heteroatoms. The summed E-state index contributed by atoms with van der Waals surface area (Å²) in [5.41, 5.74) is 0.373. The molecule has 88 valence electrons. The summed E-state index contributed by atoms with van der Waals surface area (Å²) < 4.78 is 11.4. The molecule has 0 amide bonds. The van der Waals surface area contributed by atoms with Crippen molar-refractivity contribution in [3.05, 3.63) is 30.1 Å². The summed E-state index contributed by atoms with van der Waals surface area (Å²) in [6.45, 7) is 0.517. The second-order valence-corrected chi connectivity index (χ2v) is 5.07. The van der Waals surface area contributed by atoms with E-state index in [1.807, 2.05) is 18.2 Å². The first-order valence-electron chi connectivity index (χ1n) is 6.07. The van der Waals surface area contributed by atoms with Crippen LogP contribution in [0.4, 0.5) is 0 Å². The van der Waals surface area contributed by atoms with E-state index in [0.29, 0.717) is 6.61 Å². The number of rotatable bonds is 1. The highest BCUT2D eigenvalue weighted by Crippen LogP contribution is 2.58. The van der Waals surface area contributed by atoms with Gasteiger partial charge < -0.3 is 9.47 Å². The van der Waals surface area contributed by atoms with Crippen LogP contribution in [-0.4, -0.2) is 23.7 Å². The molecule has 4 rings (SSSR count). The molecule has 0 N–H and O–H groups in total. The molecule has 1 aromatic heterocycles. The van der Waals surface area contributed by atoms with Crippen LogP contribution in [0.5, 0.6) is 0 Å². The maximum atomic E-state index is 11.9. The van der Waals surface area contributed by atoms with E-state index in [-0.39, 0.29) is 23.9 Å². The standard InChI is InChI=1S/C13H13NO3/c15-12-8-7-16-9-4-5-13(17-12,11(8)9)10-3-1-2-6-14-10/h1-3,6,8-9,11H,4-5,7H2/t8-,9-,11-,13-/m1/s1. The van der Waals surface area contributed by atoms with E-state index < -0.39 is 5.60 Å². The van der Waals surface area contributed by atoms with E-state index in [0.717, 1.165) is 18.5 Å². The fourth-order valence-corrected chi connectivity index (χ4v) is 3.66. The van der Waals surface area contributed by atoms with Gasteiger partial charge in [0.25, 0.3) is 0 Å². The predicted octanol–water partition coefficient (Wildman–Crippen LogP) is 1.26. The second kappa shape index (κ2) is 3.07. The van der Waals surface area contributed by atoms with Crippen LogP contribution in [0, 0.1) is 11.8 Å². The summed E-state index contributed by atoms with van der Waals surface area (Å²) in [5.74, 6) is -0.0164. The van der Waals surface area contributed by atoms with Crippen molar-refractivity contribution >= 4 is 5.97 Å². The minimum atomic E-state index is -0.510. The maximum absolute atomic E-state index is 11.9. The molecule has 1 aliphatic carbocycles. The van der Waals surface area contributed by atoms with Gasteiger partial charge in [-0.15, -0.1) is 0 Å². The Morgan fingerprint density at radius 2 is 2.35 bits per heavy atom. The zero-order valence-electron chi connectivity index (χ0n) is 9.33. The van der Waals surface area contributed by atoms with Crippen molar-refractivity contribution in [3.8, 4) is 0 Å². The molecule has 3 fully saturated rings. The van der Waals surface area contributed by atoms with Crippen molar-refractivity contribution in [3.63, 3.8) is 0 Å². The fraction of sp³-hybridized carbons (Fsp3) is 0.538. The first-order valence-corrected chi connectivity index (χ1v) is 6.07. The van der Waals surface area contributed by atoms with Gasteiger partial charge in [0.1, 0.15) is 0 Å². The maximum Gasteiger partial charge on any atom is 0.312 e. The molecule has 0 bridgehead atoms. The van der Waals surface area contributed by atoms with Gasteiger partial charge >= 0.3 is 5.97 Å². The SMILES string of the molecule is O=C1O[C@@]2(c3ccccn3)CC[C@H]3OC[C@@H]1[C@H]32. The van der Waals surface area contributed by atoms with Crippen molar-refractivity contribution in [2.45, 2.75) is 24.5 Å². The normalized spacial score (nSPS) is 42.6. The quantitative estimate of drug-likeness (QED) is 0.683. The van der Waals surface area contributed by atoms with Gasteiger partial charge in [-0.05, 0) is 25.0 Å². The Morgan fingerprint density at radius 1 is 1.41 bits per heavy atom. The molecule has 17 heavy (non-hydrogen) atoms. The molecule has 0 spiro atoms. The summed E-state index contributed by atoms with van der Waals surface area (Å²) in [5, 5.41) is 0. The summed E-state index contributed by atoms with van der Waals surface area (Å²) in [6, 6.07) is 5.78. The van der Waals surface area contributed by atoms with Gasteiger partial charge in [-0.25, -0.2) is 0 Å². The topological polar surface area (TPSA) is 48.4 Å². The highest BCUT2D eigenvalue weighted by atomic mass is 16.6. The third kappa shape index (κ3) is 1.06. The van der Waals surface area contributed by atoms with E-state index >= 15 is 0 Å². The molecule has 4 atom stereocenters. The van der Waals surface area contributed by atoms with Crippen LogP contribution in [0.2, 0.25) is 0 Å². The van der Waals surface area contributed by atoms with Gasteiger partial charge in [-0.1, -0.05) is 6.07 Å². The minimum absolute atomic E-state index is 0.0792. The largest absolute Gasteiger partial charge is 0.452 e. The molecular formula is C13H13NO3. The zero-order valence-corrected chi connectivity index (χ0v) is 9.33. The number of carbonyl (C=O) groups excluding carboxylic acids is 1. The number of carbonyl (C=O) groups is 1.